The van der Waals surface area contributed by atoms with Gasteiger partial charge in [-0.1, -0.05) is 48.5 Å². The topological polar surface area (TPSA) is 33.4 Å². The molecule has 0 aromatic carbocycles. The Morgan fingerprint density at radius 2 is 1.79 bits per heavy atom. The molecule has 0 aliphatic heterocycles. The molecule has 0 bridgehead atoms. The van der Waals surface area contributed by atoms with Crippen molar-refractivity contribution >= 4 is 0 Å². The summed E-state index contributed by atoms with van der Waals surface area (Å²) in [6.45, 7) is 16.3. The molecular weight excluding hydrogens is 236 g/mol. The summed E-state index contributed by atoms with van der Waals surface area (Å²) in [5.74, 6) is 2.87. The van der Waals surface area contributed by atoms with Crippen LogP contribution in [0.2, 0.25) is 0 Å². The second kappa shape index (κ2) is 7.74. The minimum Gasteiger partial charge on any atom is -0.465 e. The van der Waals surface area contributed by atoms with Gasteiger partial charge in [0, 0.05) is 17.9 Å². The van der Waals surface area contributed by atoms with Crippen LogP contribution in [-0.4, -0.2) is 5.11 Å². The van der Waals surface area contributed by atoms with Gasteiger partial charge in [0.05, 0.1) is 5.60 Å². The summed E-state index contributed by atoms with van der Waals surface area (Å²) in [6, 6.07) is 2.03. The van der Waals surface area contributed by atoms with Gasteiger partial charge in [0.2, 0.25) is 0 Å². The van der Waals surface area contributed by atoms with E-state index >= 15 is 0 Å². The van der Waals surface area contributed by atoms with E-state index < -0.39 is 5.60 Å². The molecular formula is C17H32O2. The maximum absolute atomic E-state index is 10.3. The first-order valence-electron chi connectivity index (χ1n) is 7.75. The second-order valence-corrected chi connectivity index (χ2v) is 5.43. The highest BCUT2D eigenvalue weighted by atomic mass is 16.3. The Hall–Kier alpha value is -0.760. The van der Waals surface area contributed by atoms with Crippen molar-refractivity contribution < 1.29 is 9.52 Å². The molecule has 2 atom stereocenters. The molecule has 1 aliphatic rings. The van der Waals surface area contributed by atoms with Gasteiger partial charge in [-0.05, 0) is 25.3 Å². The van der Waals surface area contributed by atoms with Crippen LogP contribution in [0.5, 0.6) is 0 Å². The molecule has 0 amide bonds. The summed E-state index contributed by atoms with van der Waals surface area (Å²) in [6.07, 6.45) is 1.79. The van der Waals surface area contributed by atoms with Gasteiger partial charge in [0.25, 0.3) is 0 Å². The maximum Gasteiger partial charge on any atom is 0.110 e. The molecule has 2 heteroatoms. The molecule has 112 valence electrons. The Morgan fingerprint density at radius 1 is 1.26 bits per heavy atom. The largest absolute Gasteiger partial charge is 0.465 e. The van der Waals surface area contributed by atoms with Gasteiger partial charge in [0.1, 0.15) is 11.5 Å². The van der Waals surface area contributed by atoms with Gasteiger partial charge in [0.15, 0.2) is 0 Å². The highest BCUT2D eigenvalue weighted by Gasteiger charge is 2.36. The molecule has 1 heterocycles. The first-order chi connectivity index (χ1) is 8.90. The fourth-order valence-corrected chi connectivity index (χ4v) is 2.52. The van der Waals surface area contributed by atoms with E-state index in [1.807, 2.05) is 40.7 Å². The van der Waals surface area contributed by atoms with Crippen LogP contribution in [0.3, 0.4) is 0 Å². The van der Waals surface area contributed by atoms with Crippen molar-refractivity contribution in [2.75, 3.05) is 0 Å². The summed E-state index contributed by atoms with van der Waals surface area (Å²) in [4.78, 5) is 0. The van der Waals surface area contributed by atoms with E-state index in [2.05, 4.69) is 20.8 Å². The van der Waals surface area contributed by atoms with Gasteiger partial charge in [-0.2, -0.15) is 0 Å². The highest BCUT2D eigenvalue weighted by molar-refractivity contribution is 5.31. The molecule has 1 N–H and O–H groups in total. The Balaban J connectivity index is 0.000000741. The summed E-state index contributed by atoms with van der Waals surface area (Å²) >= 11 is 0. The zero-order valence-corrected chi connectivity index (χ0v) is 14.0. The predicted octanol–water partition coefficient (Wildman–Crippen LogP) is 5.25. The van der Waals surface area contributed by atoms with Crippen LogP contribution in [0.4, 0.5) is 0 Å². The third kappa shape index (κ3) is 4.38. The zero-order chi connectivity index (χ0) is 15.2. The van der Waals surface area contributed by atoms with Crippen molar-refractivity contribution in [2.24, 2.45) is 5.92 Å². The van der Waals surface area contributed by atoms with E-state index in [1.54, 1.807) is 0 Å². The van der Waals surface area contributed by atoms with Crippen molar-refractivity contribution in [1.82, 2.24) is 0 Å². The van der Waals surface area contributed by atoms with Crippen molar-refractivity contribution in [3.63, 3.8) is 0 Å². The Labute approximate surface area is 119 Å². The maximum atomic E-state index is 10.3. The van der Waals surface area contributed by atoms with Gasteiger partial charge >= 0.3 is 0 Å². The molecule has 2 nitrogen and oxygen atoms in total. The Kier molecular flexibility index (Phi) is 7.43. The van der Waals surface area contributed by atoms with Crippen LogP contribution in [0.25, 0.3) is 0 Å². The summed E-state index contributed by atoms with van der Waals surface area (Å²) in [7, 11) is 0. The molecule has 1 aromatic heterocycles. The SMILES string of the molecule is CC.CC.CC1Cc2oc(C(C)C)cc2C(C)(O)C1. The number of furan rings is 1. The summed E-state index contributed by atoms with van der Waals surface area (Å²) < 4.78 is 5.81. The van der Waals surface area contributed by atoms with Crippen LogP contribution < -0.4 is 0 Å². The molecule has 0 saturated heterocycles. The highest BCUT2D eigenvalue weighted by Crippen LogP contribution is 2.40. The van der Waals surface area contributed by atoms with Crippen LogP contribution in [0.15, 0.2) is 10.5 Å². The Bertz CT molecular complexity index is 361. The molecule has 2 rings (SSSR count). The number of rotatable bonds is 1. The van der Waals surface area contributed by atoms with Crippen molar-refractivity contribution in [3.05, 3.63) is 23.2 Å². The molecule has 0 fully saturated rings. The van der Waals surface area contributed by atoms with Crippen molar-refractivity contribution in [2.45, 2.75) is 79.8 Å². The first-order valence-corrected chi connectivity index (χ1v) is 7.75. The molecule has 0 radical (unpaired) electrons. The lowest BCUT2D eigenvalue weighted by atomic mass is 9.79. The van der Waals surface area contributed by atoms with E-state index in [4.69, 9.17) is 4.42 Å². The fraction of sp³-hybridized carbons (Fsp3) is 0.765. The van der Waals surface area contributed by atoms with Gasteiger partial charge < -0.3 is 9.52 Å². The van der Waals surface area contributed by atoms with Crippen LogP contribution in [0.1, 0.15) is 84.8 Å². The van der Waals surface area contributed by atoms with E-state index in [1.165, 1.54) is 0 Å². The average molecular weight is 268 g/mol. The molecule has 0 spiro atoms. The van der Waals surface area contributed by atoms with E-state index in [9.17, 15) is 5.11 Å². The molecule has 1 aliphatic carbocycles. The van der Waals surface area contributed by atoms with E-state index in [0.29, 0.717) is 11.8 Å². The number of hydrogen-bond acceptors (Lipinski definition) is 2. The lowest BCUT2D eigenvalue weighted by Gasteiger charge is -2.31. The van der Waals surface area contributed by atoms with Crippen LogP contribution in [0, 0.1) is 5.92 Å². The summed E-state index contributed by atoms with van der Waals surface area (Å²) in [5, 5.41) is 10.3. The van der Waals surface area contributed by atoms with E-state index in [0.717, 1.165) is 29.9 Å². The van der Waals surface area contributed by atoms with Gasteiger partial charge in [-0.25, -0.2) is 0 Å². The normalized spacial score (nSPS) is 24.8. The lowest BCUT2D eigenvalue weighted by Crippen LogP contribution is -2.29. The molecule has 2 unspecified atom stereocenters. The average Bonchev–Trinajstić information content (AvgIpc) is 2.78. The fourth-order valence-electron chi connectivity index (χ4n) is 2.52. The number of fused-ring (bicyclic) bond motifs is 1. The summed E-state index contributed by atoms with van der Waals surface area (Å²) in [5.41, 5.74) is 0.299. The molecule has 0 saturated carbocycles. The van der Waals surface area contributed by atoms with E-state index in [-0.39, 0.29) is 0 Å². The minimum absolute atomic E-state index is 0.390. The molecule has 1 aromatic rings. The lowest BCUT2D eigenvalue weighted by molar-refractivity contribution is 0.0205. The first kappa shape index (κ1) is 18.2. The zero-order valence-electron chi connectivity index (χ0n) is 14.0. The Morgan fingerprint density at radius 3 is 2.26 bits per heavy atom. The van der Waals surface area contributed by atoms with Crippen LogP contribution >= 0.6 is 0 Å². The van der Waals surface area contributed by atoms with Gasteiger partial charge in [-0.3, -0.25) is 0 Å². The quantitative estimate of drug-likeness (QED) is 0.755. The minimum atomic E-state index is -0.705. The van der Waals surface area contributed by atoms with Gasteiger partial charge in [-0.15, -0.1) is 0 Å². The second-order valence-electron chi connectivity index (χ2n) is 5.43. The standard InChI is InChI=1S/C13H20O2.2C2H6/c1-8(2)11-6-10-12(15-11)5-9(3)7-13(10,4)14;2*1-2/h6,8-9,14H,5,7H2,1-4H3;2*1-2H3. The van der Waals surface area contributed by atoms with Crippen molar-refractivity contribution in [3.8, 4) is 0 Å². The third-order valence-electron chi connectivity index (χ3n) is 3.26. The predicted molar refractivity (Wildman–Crippen MR) is 82.5 cm³/mol. The smallest absolute Gasteiger partial charge is 0.110 e. The van der Waals surface area contributed by atoms with Crippen LogP contribution in [-0.2, 0) is 12.0 Å². The van der Waals surface area contributed by atoms with Crippen molar-refractivity contribution in [1.29, 1.82) is 0 Å². The third-order valence-corrected chi connectivity index (χ3v) is 3.26. The number of hydrogen-bond donors (Lipinski definition) is 1. The number of aliphatic hydroxyl groups is 1. The molecule has 19 heavy (non-hydrogen) atoms. The monoisotopic (exact) mass is 268 g/mol.